The first kappa shape index (κ1) is 13.5. The van der Waals surface area contributed by atoms with Crippen molar-refractivity contribution >= 4 is 11.7 Å². The molecule has 1 aliphatic carbocycles. The highest BCUT2D eigenvalue weighted by atomic mass is 16.5. The zero-order valence-electron chi connectivity index (χ0n) is 12.2. The van der Waals surface area contributed by atoms with Crippen LogP contribution in [0.3, 0.4) is 0 Å². The van der Waals surface area contributed by atoms with Gasteiger partial charge in [0.15, 0.2) is 5.78 Å². The summed E-state index contributed by atoms with van der Waals surface area (Å²) in [4.78, 5) is 23.4. The van der Waals surface area contributed by atoms with E-state index >= 15 is 0 Å². The minimum absolute atomic E-state index is 0.0717. The number of Topliss-reactive ketones (excluding diaryl/α,β-unsaturated/α-hetero) is 1. The fourth-order valence-corrected chi connectivity index (χ4v) is 3.07. The third-order valence-corrected chi connectivity index (χ3v) is 4.27. The number of hydrogen-bond acceptors (Lipinski definition) is 6. The van der Waals surface area contributed by atoms with Crippen LogP contribution in [0.25, 0.3) is 0 Å². The van der Waals surface area contributed by atoms with Crippen LogP contribution in [-0.4, -0.2) is 42.1 Å². The fraction of sp³-hybridized carbons (Fsp3) is 0.438. The van der Waals surface area contributed by atoms with Gasteiger partial charge < -0.3 is 14.1 Å². The Balaban J connectivity index is 1.64. The molecule has 1 saturated heterocycles. The third-order valence-electron chi connectivity index (χ3n) is 4.27. The Bertz CT molecular complexity index is 678. The molecule has 22 heavy (non-hydrogen) atoms. The van der Waals surface area contributed by atoms with Gasteiger partial charge in [-0.05, 0) is 12.1 Å². The number of fused-ring (bicyclic) bond motifs is 1. The van der Waals surface area contributed by atoms with E-state index in [1.165, 1.54) is 0 Å². The molecule has 0 spiro atoms. The first-order valence-electron chi connectivity index (χ1n) is 7.56. The average molecular weight is 299 g/mol. The van der Waals surface area contributed by atoms with Crippen molar-refractivity contribution in [3.63, 3.8) is 0 Å². The molecule has 0 saturated carbocycles. The average Bonchev–Trinajstić information content (AvgIpc) is 3.09. The van der Waals surface area contributed by atoms with E-state index in [1.54, 1.807) is 12.5 Å². The molecular formula is C16H17N3O3. The topological polar surface area (TPSA) is 68.5 Å². The van der Waals surface area contributed by atoms with Gasteiger partial charge in [-0.1, -0.05) is 0 Å². The molecule has 6 heteroatoms. The number of rotatable bonds is 2. The summed E-state index contributed by atoms with van der Waals surface area (Å²) in [6, 6.07) is 3.78. The van der Waals surface area contributed by atoms with Crippen LogP contribution in [0.1, 0.15) is 34.2 Å². The van der Waals surface area contributed by atoms with Crippen LogP contribution in [0.15, 0.2) is 29.0 Å². The number of morpholine rings is 1. The summed E-state index contributed by atoms with van der Waals surface area (Å²) in [5.41, 5.74) is 1.48. The highest BCUT2D eigenvalue weighted by molar-refractivity contribution is 5.98. The number of furan rings is 1. The third kappa shape index (κ3) is 2.39. The SMILES string of the molecule is O=C1CC(c2ccco2)Cc2nc(N3CCOCC3)ncc21. The summed E-state index contributed by atoms with van der Waals surface area (Å²) in [6.45, 7) is 2.95. The molecule has 4 rings (SSSR count). The first-order chi connectivity index (χ1) is 10.8. The molecule has 1 atom stereocenters. The molecule has 0 aromatic carbocycles. The second-order valence-electron chi connectivity index (χ2n) is 5.67. The number of carbonyl (C=O) groups excluding carboxylic acids is 1. The molecule has 2 aliphatic rings. The Morgan fingerprint density at radius 1 is 1.23 bits per heavy atom. The minimum atomic E-state index is 0.0717. The van der Waals surface area contributed by atoms with Crippen molar-refractivity contribution in [1.29, 1.82) is 0 Å². The van der Waals surface area contributed by atoms with Gasteiger partial charge in [0.1, 0.15) is 5.76 Å². The zero-order valence-corrected chi connectivity index (χ0v) is 12.2. The summed E-state index contributed by atoms with van der Waals surface area (Å²) in [6.07, 6.45) is 4.50. The van der Waals surface area contributed by atoms with Crippen LogP contribution < -0.4 is 4.90 Å². The van der Waals surface area contributed by atoms with Crippen molar-refractivity contribution < 1.29 is 13.9 Å². The van der Waals surface area contributed by atoms with Crippen LogP contribution in [0, 0.1) is 0 Å². The predicted molar refractivity (Wildman–Crippen MR) is 79.2 cm³/mol. The van der Waals surface area contributed by atoms with E-state index in [-0.39, 0.29) is 11.7 Å². The lowest BCUT2D eigenvalue weighted by Gasteiger charge is -2.28. The van der Waals surface area contributed by atoms with Crippen LogP contribution in [0.5, 0.6) is 0 Å². The van der Waals surface area contributed by atoms with Gasteiger partial charge in [-0.2, -0.15) is 0 Å². The quantitative estimate of drug-likeness (QED) is 0.842. The standard InChI is InChI=1S/C16H17N3O3/c20-14-9-11(15-2-1-5-22-15)8-13-12(14)10-17-16(18-13)19-3-6-21-7-4-19/h1-2,5,10-11H,3-4,6-9H2. The molecular weight excluding hydrogens is 282 g/mol. The smallest absolute Gasteiger partial charge is 0.225 e. The molecule has 0 amide bonds. The molecule has 6 nitrogen and oxygen atoms in total. The molecule has 2 aromatic heterocycles. The number of nitrogens with zero attached hydrogens (tertiary/aromatic N) is 3. The first-order valence-corrected chi connectivity index (χ1v) is 7.56. The summed E-state index contributed by atoms with van der Waals surface area (Å²) >= 11 is 0. The van der Waals surface area contributed by atoms with Gasteiger partial charge >= 0.3 is 0 Å². The van der Waals surface area contributed by atoms with Gasteiger partial charge in [0.25, 0.3) is 0 Å². The normalized spacial score (nSPS) is 21.7. The van der Waals surface area contributed by atoms with E-state index < -0.39 is 0 Å². The molecule has 1 fully saturated rings. The Hall–Kier alpha value is -2.21. The van der Waals surface area contributed by atoms with Crippen molar-refractivity contribution in [2.75, 3.05) is 31.2 Å². The summed E-state index contributed by atoms with van der Waals surface area (Å²) in [5.74, 6) is 1.71. The lowest BCUT2D eigenvalue weighted by Crippen LogP contribution is -2.37. The molecule has 1 aliphatic heterocycles. The molecule has 0 N–H and O–H groups in total. The number of anilines is 1. The Morgan fingerprint density at radius 2 is 2.09 bits per heavy atom. The lowest BCUT2D eigenvalue weighted by atomic mass is 9.85. The summed E-state index contributed by atoms with van der Waals surface area (Å²) < 4.78 is 10.8. The van der Waals surface area contributed by atoms with E-state index in [0.29, 0.717) is 37.6 Å². The zero-order chi connectivity index (χ0) is 14.9. The largest absolute Gasteiger partial charge is 0.469 e. The maximum atomic E-state index is 12.3. The summed E-state index contributed by atoms with van der Waals surface area (Å²) in [5, 5.41) is 0. The van der Waals surface area contributed by atoms with Gasteiger partial charge in [0.05, 0.1) is 30.7 Å². The van der Waals surface area contributed by atoms with E-state index in [2.05, 4.69) is 14.9 Å². The fourth-order valence-electron chi connectivity index (χ4n) is 3.07. The van der Waals surface area contributed by atoms with Gasteiger partial charge in [-0.3, -0.25) is 4.79 Å². The van der Waals surface area contributed by atoms with Crippen LogP contribution in [0.2, 0.25) is 0 Å². The van der Waals surface area contributed by atoms with Crippen LogP contribution in [-0.2, 0) is 11.2 Å². The van der Waals surface area contributed by atoms with E-state index in [1.807, 2.05) is 12.1 Å². The maximum absolute atomic E-state index is 12.3. The van der Waals surface area contributed by atoms with E-state index in [0.717, 1.165) is 24.5 Å². The monoisotopic (exact) mass is 299 g/mol. The molecule has 1 unspecified atom stereocenters. The Kier molecular flexibility index (Phi) is 3.38. The number of aromatic nitrogens is 2. The van der Waals surface area contributed by atoms with Crippen LogP contribution >= 0.6 is 0 Å². The van der Waals surface area contributed by atoms with Gasteiger partial charge in [-0.25, -0.2) is 9.97 Å². The van der Waals surface area contributed by atoms with Gasteiger partial charge in [-0.15, -0.1) is 0 Å². The number of ketones is 1. The van der Waals surface area contributed by atoms with E-state index in [4.69, 9.17) is 9.15 Å². The van der Waals surface area contributed by atoms with Gasteiger partial charge in [0, 0.05) is 38.0 Å². The van der Waals surface area contributed by atoms with Crippen molar-refractivity contribution in [1.82, 2.24) is 9.97 Å². The number of hydrogen-bond donors (Lipinski definition) is 0. The van der Waals surface area contributed by atoms with Crippen molar-refractivity contribution in [3.8, 4) is 0 Å². The summed E-state index contributed by atoms with van der Waals surface area (Å²) in [7, 11) is 0. The van der Waals surface area contributed by atoms with E-state index in [9.17, 15) is 4.79 Å². The minimum Gasteiger partial charge on any atom is -0.469 e. The number of carbonyl (C=O) groups is 1. The second kappa shape index (κ2) is 5.53. The second-order valence-corrected chi connectivity index (χ2v) is 5.67. The van der Waals surface area contributed by atoms with Gasteiger partial charge in [0.2, 0.25) is 5.95 Å². The number of ether oxygens (including phenoxy) is 1. The molecule has 0 bridgehead atoms. The maximum Gasteiger partial charge on any atom is 0.225 e. The van der Waals surface area contributed by atoms with Crippen molar-refractivity contribution in [2.45, 2.75) is 18.8 Å². The van der Waals surface area contributed by atoms with Crippen molar-refractivity contribution in [2.24, 2.45) is 0 Å². The molecule has 0 radical (unpaired) electrons. The Labute approximate surface area is 128 Å². The predicted octanol–water partition coefficient (Wildman–Crippen LogP) is 1.82. The van der Waals surface area contributed by atoms with Crippen molar-refractivity contribution in [3.05, 3.63) is 41.6 Å². The lowest BCUT2D eigenvalue weighted by molar-refractivity contribution is 0.0958. The molecule has 3 heterocycles. The molecule has 114 valence electrons. The highest BCUT2D eigenvalue weighted by Crippen LogP contribution is 2.32. The molecule has 2 aromatic rings. The highest BCUT2D eigenvalue weighted by Gasteiger charge is 2.30. The van der Waals surface area contributed by atoms with Crippen LogP contribution in [0.4, 0.5) is 5.95 Å². The Morgan fingerprint density at radius 3 is 2.86 bits per heavy atom.